The van der Waals surface area contributed by atoms with Crippen molar-refractivity contribution in [1.82, 2.24) is 14.7 Å². The standard InChI is InChI=1S/C18H21N3O2/c22-18(23)17-10-5-11-20(17)12-15-14-8-4-9-16(14)21(19-15)13-6-2-1-3-7-13/h1-3,6-7,17H,4-5,8-12H2,(H,22,23)/t17-/m0/s1. The number of carbonyl (C=O) groups is 1. The highest BCUT2D eigenvalue weighted by Crippen LogP contribution is 2.30. The lowest BCUT2D eigenvalue weighted by molar-refractivity contribution is -0.142. The second-order valence-electron chi connectivity index (χ2n) is 6.44. The van der Waals surface area contributed by atoms with Gasteiger partial charge in [0.05, 0.1) is 11.4 Å². The maximum Gasteiger partial charge on any atom is 0.320 e. The fraction of sp³-hybridized carbons (Fsp3) is 0.444. The Bertz CT molecular complexity index is 723. The molecule has 1 N–H and O–H groups in total. The summed E-state index contributed by atoms with van der Waals surface area (Å²) in [7, 11) is 0. The number of rotatable bonds is 4. The second-order valence-corrected chi connectivity index (χ2v) is 6.44. The third-order valence-corrected chi connectivity index (χ3v) is 5.02. The fourth-order valence-corrected chi connectivity index (χ4v) is 3.91. The number of aliphatic carboxylic acids is 1. The number of hydrogen-bond donors (Lipinski definition) is 1. The van der Waals surface area contributed by atoms with E-state index in [0.717, 1.165) is 50.0 Å². The Kier molecular flexibility index (Phi) is 3.65. The molecule has 1 aromatic heterocycles. The van der Waals surface area contributed by atoms with Crippen molar-refractivity contribution in [3.63, 3.8) is 0 Å². The number of carboxylic acids is 1. The van der Waals surface area contributed by atoms with E-state index in [2.05, 4.69) is 21.7 Å². The zero-order valence-corrected chi connectivity index (χ0v) is 13.1. The lowest BCUT2D eigenvalue weighted by Gasteiger charge is -2.20. The predicted octanol–water partition coefficient (Wildman–Crippen LogP) is 2.41. The van der Waals surface area contributed by atoms with Crippen molar-refractivity contribution < 1.29 is 9.90 Å². The smallest absolute Gasteiger partial charge is 0.320 e. The highest BCUT2D eigenvalue weighted by atomic mass is 16.4. The third-order valence-electron chi connectivity index (χ3n) is 5.02. The van der Waals surface area contributed by atoms with Crippen LogP contribution in [0.25, 0.3) is 5.69 Å². The number of fused-ring (bicyclic) bond motifs is 1. The molecule has 23 heavy (non-hydrogen) atoms. The van der Waals surface area contributed by atoms with Crippen molar-refractivity contribution in [2.45, 2.75) is 44.7 Å². The lowest BCUT2D eigenvalue weighted by atomic mass is 10.1. The van der Waals surface area contributed by atoms with Gasteiger partial charge < -0.3 is 5.11 Å². The van der Waals surface area contributed by atoms with E-state index in [4.69, 9.17) is 5.10 Å². The van der Waals surface area contributed by atoms with Crippen LogP contribution in [0.1, 0.15) is 36.2 Å². The molecule has 5 heteroatoms. The van der Waals surface area contributed by atoms with Gasteiger partial charge in [-0.25, -0.2) is 4.68 Å². The molecule has 2 aromatic rings. The quantitative estimate of drug-likeness (QED) is 0.942. The van der Waals surface area contributed by atoms with Crippen molar-refractivity contribution >= 4 is 5.97 Å². The lowest BCUT2D eigenvalue weighted by Crippen LogP contribution is -2.35. The van der Waals surface area contributed by atoms with E-state index in [1.54, 1.807) is 0 Å². The summed E-state index contributed by atoms with van der Waals surface area (Å²) >= 11 is 0. The minimum Gasteiger partial charge on any atom is -0.480 e. The van der Waals surface area contributed by atoms with Gasteiger partial charge in [0.1, 0.15) is 6.04 Å². The van der Waals surface area contributed by atoms with Crippen molar-refractivity contribution in [1.29, 1.82) is 0 Å². The van der Waals surface area contributed by atoms with Crippen LogP contribution in [0.15, 0.2) is 30.3 Å². The van der Waals surface area contributed by atoms with Gasteiger partial charge in [0.15, 0.2) is 0 Å². The van der Waals surface area contributed by atoms with E-state index in [-0.39, 0.29) is 6.04 Å². The number of para-hydroxylation sites is 1. The first-order valence-corrected chi connectivity index (χ1v) is 8.36. The van der Waals surface area contributed by atoms with Crippen LogP contribution in [-0.2, 0) is 24.2 Å². The Morgan fingerprint density at radius 3 is 2.83 bits per heavy atom. The predicted molar refractivity (Wildman–Crippen MR) is 86.7 cm³/mol. The first-order chi connectivity index (χ1) is 11.2. The summed E-state index contributed by atoms with van der Waals surface area (Å²) in [5.74, 6) is -0.707. The number of likely N-dealkylation sites (tertiary alicyclic amines) is 1. The number of aromatic nitrogens is 2. The maximum absolute atomic E-state index is 11.4. The van der Waals surface area contributed by atoms with Gasteiger partial charge in [0, 0.05) is 12.2 Å². The summed E-state index contributed by atoms with van der Waals surface area (Å²) in [6, 6.07) is 9.86. The van der Waals surface area contributed by atoms with Gasteiger partial charge in [-0.1, -0.05) is 18.2 Å². The van der Waals surface area contributed by atoms with E-state index in [1.165, 1.54) is 11.3 Å². The molecule has 0 radical (unpaired) electrons. The molecule has 5 nitrogen and oxygen atoms in total. The first-order valence-electron chi connectivity index (χ1n) is 8.36. The molecular formula is C18H21N3O2. The Hall–Kier alpha value is -2.14. The van der Waals surface area contributed by atoms with E-state index in [0.29, 0.717) is 6.54 Å². The van der Waals surface area contributed by atoms with Crippen LogP contribution in [0.2, 0.25) is 0 Å². The molecule has 0 unspecified atom stereocenters. The highest BCUT2D eigenvalue weighted by molar-refractivity contribution is 5.73. The molecule has 0 bridgehead atoms. The molecule has 1 fully saturated rings. The SMILES string of the molecule is O=C(O)[C@@H]1CCCN1Cc1nn(-c2ccccc2)c2c1CCC2. The zero-order chi connectivity index (χ0) is 15.8. The van der Waals surface area contributed by atoms with E-state index >= 15 is 0 Å². The monoisotopic (exact) mass is 311 g/mol. The van der Waals surface area contributed by atoms with Crippen molar-refractivity contribution in [3.8, 4) is 5.69 Å². The molecule has 0 amide bonds. The second kappa shape index (κ2) is 5.81. The zero-order valence-electron chi connectivity index (χ0n) is 13.1. The van der Waals surface area contributed by atoms with Crippen LogP contribution in [0.4, 0.5) is 0 Å². The molecular weight excluding hydrogens is 290 g/mol. The number of hydrogen-bond acceptors (Lipinski definition) is 3. The highest BCUT2D eigenvalue weighted by Gasteiger charge is 2.32. The normalized spacial score (nSPS) is 20.8. The molecule has 0 saturated carbocycles. The van der Waals surface area contributed by atoms with E-state index < -0.39 is 5.97 Å². The Morgan fingerprint density at radius 1 is 1.22 bits per heavy atom. The van der Waals surface area contributed by atoms with Crippen molar-refractivity contribution in [3.05, 3.63) is 47.3 Å². The Morgan fingerprint density at radius 2 is 2.04 bits per heavy atom. The van der Waals surface area contributed by atoms with Gasteiger partial charge in [0.25, 0.3) is 0 Å². The van der Waals surface area contributed by atoms with E-state index in [9.17, 15) is 9.90 Å². The summed E-state index contributed by atoms with van der Waals surface area (Å²) in [4.78, 5) is 13.5. The minimum atomic E-state index is -0.707. The fourth-order valence-electron chi connectivity index (χ4n) is 3.91. The first kappa shape index (κ1) is 14.5. The molecule has 2 aliphatic rings. The molecule has 1 aromatic carbocycles. The molecule has 1 saturated heterocycles. The van der Waals surface area contributed by atoms with Gasteiger partial charge in [0.2, 0.25) is 0 Å². The third kappa shape index (κ3) is 2.55. The Balaban J connectivity index is 1.66. The summed E-state index contributed by atoms with van der Waals surface area (Å²) < 4.78 is 2.06. The number of nitrogens with zero attached hydrogens (tertiary/aromatic N) is 3. The largest absolute Gasteiger partial charge is 0.480 e. The molecule has 2 heterocycles. The van der Waals surface area contributed by atoms with Crippen LogP contribution < -0.4 is 0 Å². The van der Waals surface area contributed by atoms with E-state index in [1.807, 2.05) is 18.2 Å². The molecule has 4 rings (SSSR count). The topological polar surface area (TPSA) is 58.4 Å². The average molecular weight is 311 g/mol. The summed E-state index contributed by atoms with van der Waals surface area (Å²) in [5.41, 5.74) is 4.80. The molecule has 1 atom stereocenters. The van der Waals surface area contributed by atoms with Gasteiger partial charge in [-0.05, 0) is 56.3 Å². The van der Waals surface area contributed by atoms with Crippen molar-refractivity contribution in [2.75, 3.05) is 6.54 Å². The Labute approximate surface area is 135 Å². The van der Waals surface area contributed by atoms with Crippen LogP contribution in [-0.4, -0.2) is 38.3 Å². The summed E-state index contributed by atoms with van der Waals surface area (Å²) in [6.07, 6.45) is 4.98. The molecule has 1 aliphatic heterocycles. The van der Waals surface area contributed by atoms with Gasteiger partial charge in [-0.15, -0.1) is 0 Å². The maximum atomic E-state index is 11.4. The summed E-state index contributed by atoms with van der Waals surface area (Å²) in [5, 5.41) is 14.2. The number of carboxylic acid groups (broad SMARTS) is 1. The van der Waals surface area contributed by atoms with Crippen LogP contribution >= 0.6 is 0 Å². The van der Waals surface area contributed by atoms with Gasteiger partial charge in [-0.3, -0.25) is 9.69 Å². The molecule has 120 valence electrons. The van der Waals surface area contributed by atoms with Gasteiger partial charge >= 0.3 is 5.97 Å². The number of benzene rings is 1. The molecule has 0 spiro atoms. The van der Waals surface area contributed by atoms with Gasteiger partial charge in [-0.2, -0.15) is 5.10 Å². The van der Waals surface area contributed by atoms with Crippen molar-refractivity contribution in [2.24, 2.45) is 0 Å². The summed E-state index contributed by atoms with van der Waals surface area (Å²) in [6.45, 7) is 1.50. The minimum absolute atomic E-state index is 0.353. The van der Waals surface area contributed by atoms with Crippen LogP contribution in [0, 0.1) is 0 Å². The average Bonchev–Trinajstić information content (AvgIpc) is 3.26. The van der Waals surface area contributed by atoms with Crippen LogP contribution in [0.5, 0.6) is 0 Å². The van der Waals surface area contributed by atoms with Crippen LogP contribution in [0.3, 0.4) is 0 Å². The molecule has 1 aliphatic carbocycles.